The van der Waals surface area contributed by atoms with Gasteiger partial charge in [0.2, 0.25) is 0 Å². The van der Waals surface area contributed by atoms with Crippen LogP contribution in [0.15, 0.2) is 60.8 Å². The highest BCUT2D eigenvalue weighted by atomic mass is 31.2. The number of carbonyl (C=O) groups excluding carboxylic acids is 4. The van der Waals surface area contributed by atoms with Crippen LogP contribution in [0.3, 0.4) is 0 Å². The van der Waals surface area contributed by atoms with Crippen molar-refractivity contribution in [2.24, 2.45) is 0 Å². The molecule has 0 aliphatic rings. The van der Waals surface area contributed by atoms with Gasteiger partial charge in [-0.2, -0.15) is 0 Å². The van der Waals surface area contributed by atoms with Gasteiger partial charge in [0.25, 0.3) is 0 Å². The second kappa shape index (κ2) is 68.3. The van der Waals surface area contributed by atoms with Crippen molar-refractivity contribution in [2.75, 3.05) is 39.6 Å². The summed E-state index contributed by atoms with van der Waals surface area (Å²) in [4.78, 5) is 72.7. The second-order valence-corrected chi connectivity index (χ2v) is 28.1. The number of hydrogen-bond acceptors (Lipinski definition) is 15. The van der Waals surface area contributed by atoms with Crippen LogP contribution in [0.25, 0.3) is 0 Å². The largest absolute Gasteiger partial charge is 0.472 e. The normalized spacial score (nSPS) is 14.3. The van der Waals surface area contributed by atoms with Crippen molar-refractivity contribution in [3.8, 4) is 0 Å². The molecule has 5 atom stereocenters. The van der Waals surface area contributed by atoms with E-state index >= 15 is 0 Å². The molecule has 0 spiro atoms. The molecule has 0 saturated heterocycles. The van der Waals surface area contributed by atoms with Crippen molar-refractivity contribution >= 4 is 39.5 Å². The summed E-state index contributed by atoms with van der Waals surface area (Å²) in [6.45, 7) is 4.74. The molecule has 0 radical (unpaired) electrons. The van der Waals surface area contributed by atoms with Crippen LogP contribution < -0.4 is 0 Å². The van der Waals surface area contributed by atoms with E-state index in [0.717, 1.165) is 154 Å². The number of allylic oxidation sites excluding steroid dienone is 10. The van der Waals surface area contributed by atoms with Gasteiger partial charge in [-0.1, -0.05) is 262 Å². The van der Waals surface area contributed by atoms with Crippen LogP contribution >= 0.6 is 15.6 Å². The maximum Gasteiger partial charge on any atom is 0.472 e. The van der Waals surface area contributed by atoms with Gasteiger partial charge in [0.15, 0.2) is 12.2 Å². The SMILES string of the molecule is CC/C=C\C/C=C\C/C=C\CCCCCCCC(=O)OCC(COP(=O)(O)OCC(O)COP(=O)(O)OCC(COC(=O)CCCCCCC/C=C\CCCCCC)OC(=O)CCCCCCCCCCCCC)OC(=O)CCCCCCC/C=C\CCCCCCCC. The van der Waals surface area contributed by atoms with Gasteiger partial charge in [-0.3, -0.25) is 37.3 Å². The number of unbranched alkanes of at least 4 members (excludes halogenated alkanes) is 35. The predicted molar refractivity (Wildman–Crippen MR) is 381 cm³/mol. The van der Waals surface area contributed by atoms with Crippen LogP contribution in [-0.4, -0.2) is 96.7 Å². The van der Waals surface area contributed by atoms with E-state index in [4.69, 9.17) is 37.0 Å². The summed E-state index contributed by atoms with van der Waals surface area (Å²) >= 11 is 0. The summed E-state index contributed by atoms with van der Waals surface area (Å²) in [5, 5.41) is 10.6. The third-order valence-electron chi connectivity index (χ3n) is 16.0. The number of hydrogen-bond donors (Lipinski definition) is 3. The lowest BCUT2D eigenvalue weighted by molar-refractivity contribution is -0.161. The first kappa shape index (κ1) is 90.8. The third-order valence-corrected chi connectivity index (χ3v) is 17.9. The molecule has 17 nitrogen and oxygen atoms in total. The zero-order valence-electron chi connectivity index (χ0n) is 59.6. The van der Waals surface area contributed by atoms with E-state index in [-0.39, 0.29) is 25.7 Å². The van der Waals surface area contributed by atoms with Crippen molar-refractivity contribution in [3.05, 3.63) is 60.8 Å². The van der Waals surface area contributed by atoms with Crippen molar-refractivity contribution in [3.63, 3.8) is 0 Å². The van der Waals surface area contributed by atoms with E-state index in [0.29, 0.717) is 25.7 Å². The summed E-state index contributed by atoms with van der Waals surface area (Å²) in [5.41, 5.74) is 0. The molecule has 5 unspecified atom stereocenters. The quantitative estimate of drug-likeness (QED) is 0.0169. The molecule has 3 N–H and O–H groups in total. The topological polar surface area (TPSA) is 237 Å². The van der Waals surface area contributed by atoms with E-state index in [1.807, 2.05) is 0 Å². The van der Waals surface area contributed by atoms with Gasteiger partial charge in [0, 0.05) is 25.7 Å². The van der Waals surface area contributed by atoms with Crippen LogP contribution in [0, 0.1) is 0 Å². The molecule has 0 amide bonds. The van der Waals surface area contributed by atoms with E-state index in [1.54, 1.807) is 0 Å². The highest BCUT2D eigenvalue weighted by molar-refractivity contribution is 7.47. The van der Waals surface area contributed by atoms with E-state index in [2.05, 4.69) is 88.5 Å². The number of aliphatic hydroxyl groups is 1. The minimum Gasteiger partial charge on any atom is -0.462 e. The molecular formula is C75H136O17P2. The second-order valence-electron chi connectivity index (χ2n) is 25.2. The first-order chi connectivity index (χ1) is 45.7. The highest BCUT2D eigenvalue weighted by Gasteiger charge is 2.30. The van der Waals surface area contributed by atoms with Gasteiger partial charge >= 0.3 is 39.5 Å². The number of phosphoric ester groups is 2. The minimum atomic E-state index is -4.97. The average molecular weight is 1370 g/mol. The van der Waals surface area contributed by atoms with Crippen molar-refractivity contribution in [2.45, 2.75) is 354 Å². The fourth-order valence-corrected chi connectivity index (χ4v) is 11.8. The standard InChI is InChI=1S/C75H136O17P2/c1-5-9-13-17-21-25-29-32-34-37-41-44-48-52-56-60-73(78)86-66-71(92-75(80)62-58-54-50-46-42-38-35-33-30-26-22-18-14-10-6-2)68-90-94(83,84)88-64-69(76)63-87-93(81,82)89-67-70(91-74(79)61-57-53-49-45-39-28-24-20-16-12-8-4)65-85-72(77)59-55-51-47-43-40-36-31-27-23-19-15-11-7-3/h9,13,21,25,27,31-35,69-71,76H,5-8,10-12,14-20,22-24,26,28-30,36-68H2,1-4H3,(H,81,82)(H,83,84)/b13-9-,25-21-,31-27-,34-32-,35-33-. The van der Waals surface area contributed by atoms with Crippen LogP contribution in [0.5, 0.6) is 0 Å². The van der Waals surface area contributed by atoms with Gasteiger partial charge in [0.1, 0.15) is 19.3 Å². The Hall–Kier alpha value is -3.24. The van der Waals surface area contributed by atoms with E-state index in [1.165, 1.54) is 103 Å². The zero-order chi connectivity index (χ0) is 69.0. The molecule has 0 saturated carbocycles. The molecule has 0 aliphatic carbocycles. The smallest absolute Gasteiger partial charge is 0.462 e. The van der Waals surface area contributed by atoms with Gasteiger partial charge in [0.05, 0.1) is 26.4 Å². The minimum absolute atomic E-state index is 0.0846. The fraction of sp³-hybridized carbons (Fsp3) is 0.813. The molecule has 0 aromatic carbocycles. The predicted octanol–water partition coefficient (Wildman–Crippen LogP) is 21.1. The fourth-order valence-electron chi connectivity index (χ4n) is 10.2. The summed E-state index contributed by atoms with van der Waals surface area (Å²) in [7, 11) is -9.93. The summed E-state index contributed by atoms with van der Waals surface area (Å²) in [6.07, 6.45) is 65.0. The summed E-state index contributed by atoms with van der Waals surface area (Å²) < 4.78 is 68.4. The summed E-state index contributed by atoms with van der Waals surface area (Å²) in [6, 6.07) is 0. The molecular weight excluding hydrogens is 1230 g/mol. The maximum atomic E-state index is 13.1. The summed E-state index contributed by atoms with van der Waals surface area (Å²) in [5.74, 6) is -2.19. The zero-order valence-corrected chi connectivity index (χ0v) is 61.4. The number of rotatable bonds is 71. The van der Waals surface area contributed by atoms with E-state index in [9.17, 15) is 43.2 Å². The first-order valence-electron chi connectivity index (χ1n) is 37.5. The Labute approximate surface area is 571 Å². The number of carbonyl (C=O) groups is 4. The van der Waals surface area contributed by atoms with Crippen molar-refractivity contribution in [1.29, 1.82) is 0 Å². The van der Waals surface area contributed by atoms with Gasteiger partial charge in [-0.15, -0.1) is 0 Å². The molecule has 0 rings (SSSR count). The monoisotopic (exact) mass is 1370 g/mol. The van der Waals surface area contributed by atoms with Crippen LogP contribution in [0.2, 0.25) is 0 Å². The molecule has 0 aromatic heterocycles. The highest BCUT2D eigenvalue weighted by Crippen LogP contribution is 2.45. The lowest BCUT2D eigenvalue weighted by Crippen LogP contribution is -2.30. The molecule has 0 fully saturated rings. The van der Waals surface area contributed by atoms with Crippen LogP contribution in [0.1, 0.15) is 336 Å². The van der Waals surface area contributed by atoms with Crippen molar-refractivity contribution in [1.82, 2.24) is 0 Å². The Morgan fingerprint density at radius 2 is 0.553 bits per heavy atom. The average Bonchev–Trinajstić information content (AvgIpc) is 1.36. The lowest BCUT2D eigenvalue weighted by Gasteiger charge is -2.21. The molecule has 0 bridgehead atoms. The van der Waals surface area contributed by atoms with E-state index < -0.39 is 97.5 Å². The number of esters is 4. The lowest BCUT2D eigenvalue weighted by atomic mass is 10.1. The molecule has 548 valence electrons. The first-order valence-corrected chi connectivity index (χ1v) is 40.5. The maximum absolute atomic E-state index is 13.1. The van der Waals surface area contributed by atoms with Gasteiger partial charge in [-0.25, -0.2) is 9.13 Å². The molecule has 0 heterocycles. The Balaban J connectivity index is 5.32. The Morgan fingerprint density at radius 1 is 0.309 bits per heavy atom. The van der Waals surface area contributed by atoms with Crippen molar-refractivity contribution < 1.29 is 80.2 Å². The van der Waals surface area contributed by atoms with Crippen LogP contribution in [-0.2, 0) is 65.4 Å². The number of aliphatic hydroxyl groups excluding tert-OH is 1. The Bertz CT molecular complexity index is 2030. The third kappa shape index (κ3) is 67.3. The van der Waals surface area contributed by atoms with Crippen LogP contribution in [0.4, 0.5) is 0 Å². The number of phosphoric acid groups is 2. The van der Waals surface area contributed by atoms with Gasteiger partial charge in [-0.05, 0) is 109 Å². The molecule has 19 heteroatoms. The van der Waals surface area contributed by atoms with Gasteiger partial charge < -0.3 is 33.8 Å². The molecule has 0 aliphatic heterocycles. The number of ether oxygens (including phenoxy) is 4. The Morgan fingerprint density at radius 3 is 0.872 bits per heavy atom. The molecule has 94 heavy (non-hydrogen) atoms. The Kier molecular flexibility index (Phi) is 65.9. The molecule has 0 aromatic rings.